The Balaban J connectivity index is 2.02. The number of carbonyl (C=O) groups is 1. The average Bonchev–Trinajstić information content (AvgIpc) is 2.97. The van der Waals surface area contributed by atoms with E-state index in [1.807, 2.05) is 44.2 Å². The molecular weight excluding hydrogens is 390 g/mol. The minimum atomic E-state index is -0.300. The quantitative estimate of drug-likeness (QED) is 0.533. The largest absolute Gasteiger partial charge is 0.492 e. The maximum atomic E-state index is 12.9. The van der Waals surface area contributed by atoms with Crippen LogP contribution in [0.25, 0.3) is 5.69 Å². The van der Waals surface area contributed by atoms with Crippen LogP contribution in [0.3, 0.4) is 0 Å². The molecule has 0 radical (unpaired) electrons. The number of anilines is 2. The van der Waals surface area contributed by atoms with Crippen molar-refractivity contribution in [1.29, 1.82) is 0 Å². The Bertz CT molecular complexity index is 1070. The third-order valence-corrected chi connectivity index (χ3v) is 5.80. The number of amides is 1. The number of ether oxygens (including phenoxy) is 1. The molecule has 3 N–H and O–H groups in total. The highest BCUT2D eigenvalue weighted by Crippen LogP contribution is 2.32. The van der Waals surface area contributed by atoms with Crippen LogP contribution in [0.2, 0.25) is 0 Å². The summed E-state index contributed by atoms with van der Waals surface area (Å²) in [7, 11) is 0. The molecule has 7 heteroatoms. The predicted molar refractivity (Wildman–Crippen MR) is 119 cm³/mol. The third-order valence-electron chi connectivity index (χ3n) is 4.41. The molecule has 3 rings (SSSR count). The highest BCUT2D eigenvalue weighted by Gasteiger charge is 2.21. The van der Waals surface area contributed by atoms with Gasteiger partial charge in [0, 0.05) is 0 Å². The van der Waals surface area contributed by atoms with E-state index in [-0.39, 0.29) is 5.91 Å². The number of hydrogen-bond acceptors (Lipinski definition) is 5. The van der Waals surface area contributed by atoms with Crippen LogP contribution in [0.4, 0.5) is 11.5 Å². The zero-order valence-electron chi connectivity index (χ0n) is 16.1. The van der Waals surface area contributed by atoms with Gasteiger partial charge in [0.05, 0.1) is 18.0 Å². The van der Waals surface area contributed by atoms with E-state index in [9.17, 15) is 4.79 Å². The minimum Gasteiger partial charge on any atom is -0.492 e. The predicted octanol–water partition coefficient (Wildman–Crippen LogP) is 5.37. The summed E-state index contributed by atoms with van der Waals surface area (Å²) in [6.45, 7) is 6.52. The first-order chi connectivity index (χ1) is 13.5. The van der Waals surface area contributed by atoms with Crippen LogP contribution in [0.5, 0.6) is 5.75 Å². The molecule has 1 aromatic heterocycles. The minimum absolute atomic E-state index is 0.300. The maximum absolute atomic E-state index is 12.9. The van der Waals surface area contributed by atoms with Crippen LogP contribution < -0.4 is 15.8 Å². The number of benzene rings is 2. The normalized spacial score (nSPS) is 10.7. The summed E-state index contributed by atoms with van der Waals surface area (Å²) in [6.07, 6.45) is 0.845. The summed E-state index contributed by atoms with van der Waals surface area (Å²) in [5.74, 6) is 0.670. The first-order valence-corrected chi connectivity index (χ1v) is 10.3. The number of nitrogens with one attached hydrogen (secondary N) is 1. The third kappa shape index (κ3) is 3.81. The molecule has 0 spiro atoms. The van der Waals surface area contributed by atoms with Gasteiger partial charge in [0.2, 0.25) is 0 Å². The van der Waals surface area contributed by atoms with Crippen molar-refractivity contribution in [3.8, 4) is 11.4 Å². The second-order valence-electron chi connectivity index (χ2n) is 6.24. The molecule has 0 bridgehead atoms. The van der Waals surface area contributed by atoms with E-state index in [1.165, 1.54) is 11.3 Å². The molecular formula is C21H23N3O2S2. The number of hydrogen-bond donors (Lipinski definition) is 2. The number of aryl methyl sites for hydroxylation is 2. The average molecular weight is 414 g/mol. The molecule has 2 aromatic carbocycles. The molecule has 0 atom stereocenters. The Morgan fingerprint density at radius 3 is 2.68 bits per heavy atom. The van der Waals surface area contributed by atoms with Crippen molar-refractivity contribution in [1.82, 2.24) is 4.57 Å². The molecule has 3 aromatic rings. The highest BCUT2D eigenvalue weighted by molar-refractivity contribution is 7.73. The van der Waals surface area contributed by atoms with Crippen LogP contribution in [-0.2, 0) is 6.42 Å². The van der Waals surface area contributed by atoms with Crippen molar-refractivity contribution in [2.75, 3.05) is 17.7 Å². The molecule has 0 fully saturated rings. The van der Waals surface area contributed by atoms with Gasteiger partial charge in [-0.05, 0) is 55.7 Å². The Morgan fingerprint density at radius 2 is 1.96 bits per heavy atom. The van der Waals surface area contributed by atoms with E-state index >= 15 is 0 Å². The lowest BCUT2D eigenvalue weighted by molar-refractivity contribution is 0.103. The monoisotopic (exact) mass is 413 g/mol. The first kappa shape index (κ1) is 20.1. The molecule has 146 valence electrons. The Morgan fingerprint density at radius 1 is 1.21 bits per heavy atom. The Kier molecular flexibility index (Phi) is 6.16. The summed E-state index contributed by atoms with van der Waals surface area (Å²) in [6, 6.07) is 13.4. The van der Waals surface area contributed by atoms with Gasteiger partial charge in [-0.1, -0.05) is 48.6 Å². The topological polar surface area (TPSA) is 69.3 Å². The summed E-state index contributed by atoms with van der Waals surface area (Å²) >= 11 is 6.77. The number of rotatable bonds is 6. The fourth-order valence-corrected chi connectivity index (χ4v) is 4.35. The molecule has 0 saturated carbocycles. The number of nitrogen functional groups attached to an aromatic ring is 1. The van der Waals surface area contributed by atoms with E-state index in [1.54, 1.807) is 10.6 Å². The van der Waals surface area contributed by atoms with Gasteiger partial charge in [-0.3, -0.25) is 9.36 Å². The first-order valence-electron chi connectivity index (χ1n) is 9.11. The summed E-state index contributed by atoms with van der Waals surface area (Å²) in [4.78, 5) is 13.3. The Hall–Kier alpha value is -2.64. The van der Waals surface area contributed by atoms with Gasteiger partial charge in [-0.25, -0.2) is 0 Å². The van der Waals surface area contributed by atoms with Crippen LogP contribution in [0.15, 0.2) is 42.5 Å². The van der Waals surface area contributed by atoms with Crippen molar-refractivity contribution < 1.29 is 9.53 Å². The molecule has 0 aliphatic rings. The van der Waals surface area contributed by atoms with E-state index in [0.29, 0.717) is 32.7 Å². The fourth-order valence-electron chi connectivity index (χ4n) is 3.11. The summed E-state index contributed by atoms with van der Waals surface area (Å²) in [5.41, 5.74) is 10.1. The zero-order chi connectivity index (χ0) is 20.3. The van der Waals surface area contributed by atoms with Gasteiger partial charge in [-0.15, -0.1) is 0 Å². The number of carbonyl (C=O) groups excluding carboxylic acids is 1. The van der Waals surface area contributed by atoms with Gasteiger partial charge in [-0.2, -0.15) is 0 Å². The van der Waals surface area contributed by atoms with Crippen molar-refractivity contribution >= 4 is 41.0 Å². The number of nitrogens with two attached hydrogens (primary N) is 1. The molecule has 0 saturated heterocycles. The van der Waals surface area contributed by atoms with E-state index in [0.717, 1.165) is 23.2 Å². The number of nitrogens with zero attached hydrogens (tertiary/aromatic N) is 1. The number of para-hydroxylation sites is 3. The van der Waals surface area contributed by atoms with Gasteiger partial charge < -0.3 is 15.8 Å². The van der Waals surface area contributed by atoms with Crippen LogP contribution in [-0.4, -0.2) is 17.1 Å². The van der Waals surface area contributed by atoms with Gasteiger partial charge in [0.15, 0.2) is 3.95 Å². The van der Waals surface area contributed by atoms with Gasteiger partial charge in [0.1, 0.15) is 16.4 Å². The van der Waals surface area contributed by atoms with Crippen molar-refractivity contribution in [3.63, 3.8) is 0 Å². The lowest BCUT2D eigenvalue weighted by atomic mass is 10.1. The second-order valence-corrected chi connectivity index (χ2v) is 7.88. The summed E-state index contributed by atoms with van der Waals surface area (Å²) < 4.78 is 7.93. The summed E-state index contributed by atoms with van der Waals surface area (Å²) in [5, 5.41) is 2.89. The lowest BCUT2D eigenvalue weighted by Crippen LogP contribution is -2.15. The van der Waals surface area contributed by atoms with Crippen LogP contribution in [0, 0.1) is 10.9 Å². The molecule has 5 nitrogen and oxygen atoms in total. The zero-order valence-corrected chi connectivity index (χ0v) is 17.7. The SMILES string of the molecule is CCOc1ccccc1NC(=O)c1sc(=S)n(-c2c(C)cccc2CC)c1N. The van der Waals surface area contributed by atoms with Crippen LogP contribution in [0.1, 0.15) is 34.6 Å². The number of aromatic nitrogens is 1. The fraction of sp³-hybridized carbons (Fsp3) is 0.238. The maximum Gasteiger partial charge on any atom is 0.269 e. The Labute approximate surface area is 173 Å². The van der Waals surface area contributed by atoms with Crippen molar-refractivity contribution in [3.05, 3.63) is 62.4 Å². The number of thiazole rings is 1. The van der Waals surface area contributed by atoms with Crippen molar-refractivity contribution in [2.45, 2.75) is 27.2 Å². The molecule has 0 unspecified atom stereocenters. The van der Waals surface area contributed by atoms with Crippen LogP contribution >= 0.6 is 23.6 Å². The lowest BCUT2D eigenvalue weighted by Gasteiger charge is -2.14. The molecule has 1 amide bonds. The van der Waals surface area contributed by atoms with E-state index < -0.39 is 0 Å². The molecule has 0 aliphatic heterocycles. The second kappa shape index (κ2) is 8.58. The standard InChI is InChI=1S/C21H23N3O2S2/c1-4-14-10-8-9-13(3)17(14)24-19(22)18(28-21(24)27)20(25)23-15-11-6-7-12-16(15)26-5-2/h6-12H,4-5,22H2,1-3H3,(H,23,25). The molecule has 0 aliphatic carbocycles. The van der Waals surface area contributed by atoms with E-state index in [4.69, 9.17) is 22.7 Å². The highest BCUT2D eigenvalue weighted by atomic mass is 32.1. The smallest absolute Gasteiger partial charge is 0.269 e. The van der Waals surface area contributed by atoms with Gasteiger partial charge in [0.25, 0.3) is 5.91 Å². The molecule has 1 heterocycles. The van der Waals surface area contributed by atoms with E-state index in [2.05, 4.69) is 18.3 Å². The van der Waals surface area contributed by atoms with Crippen molar-refractivity contribution in [2.24, 2.45) is 0 Å². The van der Waals surface area contributed by atoms with Gasteiger partial charge >= 0.3 is 0 Å². The molecule has 28 heavy (non-hydrogen) atoms.